The molecule has 4 heteroatoms. The lowest BCUT2D eigenvalue weighted by molar-refractivity contribution is 0.259. The zero-order valence-electron chi connectivity index (χ0n) is 20.0. The van der Waals surface area contributed by atoms with E-state index in [1.807, 2.05) is 12.1 Å². The van der Waals surface area contributed by atoms with Crippen LogP contribution in [0.3, 0.4) is 0 Å². The molecule has 1 atom stereocenters. The number of rotatable bonds is 11. The van der Waals surface area contributed by atoms with Crippen LogP contribution in [0.15, 0.2) is 36.4 Å². The number of hydrogen-bond acceptors (Lipinski definition) is 4. The molecule has 0 aliphatic carbocycles. The van der Waals surface area contributed by atoms with Crippen LogP contribution in [0.1, 0.15) is 49.8 Å². The molecule has 0 saturated heterocycles. The fourth-order valence-corrected chi connectivity index (χ4v) is 3.45. The van der Waals surface area contributed by atoms with Gasteiger partial charge in [0.05, 0.1) is 21.3 Å². The van der Waals surface area contributed by atoms with Gasteiger partial charge < -0.3 is 19.1 Å². The summed E-state index contributed by atoms with van der Waals surface area (Å²) < 4.78 is 16.2. The van der Waals surface area contributed by atoms with Crippen molar-refractivity contribution in [2.75, 3.05) is 34.9 Å². The van der Waals surface area contributed by atoms with Gasteiger partial charge in [-0.1, -0.05) is 31.3 Å². The molecule has 0 radical (unpaired) electrons. The maximum absolute atomic E-state index is 5.46. The minimum atomic E-state index is 0.378. The van der Waals surface area contributed by atoms with Gasteiger partial charge in [-0.15, -0.1) is 0 Å². The first-order valence-electron chi connectivity index (χ1n) is 11.1. The Morgan fingerprint density at radius 1 is 0.968 bits per heavy atom. The lowest BCUT2D eigenvalue weighted by atomic mass is 9.99. The van der Waals surface area contributed by atoms with E-state index in [1.54, 1.807) is 21.3 Å². The third-order valence-electron chi connectivity index (χ3n) is 5.66. The van der Waals surface area contributed by atoms with Gasteiger partial charge in [-0.25, -0.2) is 0 Å². The highest BCUT2D eigenvalue weighted by Gasteiger charge is 2.14. The molecule has 2 rings (SSSR count). The predicted molar refractivity (Wildman–Crippen MR) is 128 cm³/mol. The van der Waals surface area contributed by atoms with Gasteiger partial charge in [0.25, 0.3) is 0 Å². The molecule has 0 saturated carbocycles. The van der Waals surface area contributed by atoms with E-state index in [1.165, 1.54) is 17.5 Å². The van der Waals surface area contributed by atoms with Gasteiger partial charge in [-0.2, -0.15) is 0 Å². The SMILES string of the molecule is CCCCC#Cc1ccc(OC)cc1CC(C)N(C)CCc1ccc(OC)c(OC)c1. The summed E-state index contributed by atoms with van der Waals surface area (Å²) in [6.45, 7) is 5.42. The minimum absolute atomic E-state index is 0.378. The molecule has 0 aliphatic rings. The van der Waals surface area contributed by atoms with E-state index in [0.717, 1.165) is 55.0 Å². The number of hydrogen-bond donors (Lipinski definition) is 0. The molecule has 0 N–H and O–H groups in total. The number of nitrogens with zero attached hydrogens (tertiary/aromatic N) is 1. The van der Waals surface area contributed by atoms with Crippen molar-refractivity contribution in [1.82, 2.24) is 4.90 Å². The summed E-state index contributed by atoms with van der Waals surface area (Å²) in [5.74, 6) is 9.12. The van der Waals surface area contributed by atoms with E-state index in [-0.39, 0.29) is 0 Å². The molecule has 168 valence electrons. The third kappa shape index (κ3) is 7.52. The van der Waals surface area contributed by atoms with Crippen molar-refractivity contribution in [3.8, 4) is 29.1 Å². The van der Waals surface area contributed by atoms with Gasteiger partial charge in [0.1, 0.15) is 5.75 Å². The minimum Gasteiger partial charge on any atom is -0.497 e. The number of unbranched alkanes of at least 4 members (excludes halogenated alkanes) is 2. The maximum atomic E-state index is 5.46. The van der Waals surface area contributed by atoms with Gasteiger partial charge in [-0.3, -0.25) is 0 Å². The first-order valence-corrected chi connectivity index (χ1v) is 11.1. The highest BCUT2D eigenvalue weighted by atomic mass is 16.5. The third-order valence-corrected chi connectivity index (χ3v) is 5.66. The Balaban J connectivity index is 2.04. The second-order valence-corrected chi connectivity index (χ2v) is 7.90. The standard InChI is InChI=1S/C27H37NO3/c1-7-8-9-10-11-23-13-14-25(29-4)20-24(23)18-21(2)28(3)17-16-22-12-15-26(30-5)27(19-22)31-6/h12-15,19-21H,7-9,16-18H2,1-6H3. The Morgan fingerprint density at radius 2 is 1.74 bits per heavy atom. The van der Waals surface area contributed by atoms with Crippen LogP contribution >= 0.6 is 0 Å². The Kier molecular flexibility index (Phi) is 10.3. The highest BCUT2D eigenvalue weighted by molar-refractivity contribution is 5.46. The van der Waals surface area contributed by atoms with E-state index in [4.69, 9.17) is 14.2 Å². The molecule has 0 spiro atoms. The van der Waals surface area contributed by atoms with Crippen LogP contribution in [0.4, 0.5) is 0 Å². The van der Waals surface area contributed by atoms with Crippen LogP contribution in [0.5, 0.6) is 17.2 Å². The van der Waals surface area contributed by atoms with E-state index >= 15 is 0 Å². The summed E-state index contributed by atoms with van der Waals surface area (Å²) in [5, 5.41) is 0. The van der Waals surface area contributed by atoms with Crippen molar-refractivity contribution in [3.05, 3.63) is 53.1 Å². The highest BCUT2D eigenvalue weighted by Crippen LogP contribution is 2.28. The molecule has 0 heterocycles. The molecule has 0 bridgehead atoms. The largest absolute Gasteiger partial charge is 0.497 e. The topological polar surface area (TPSA) is 30.9 Å². The summed E-state index contributed by atoms with van der Waals surface area (Å²) in [4.78, 5) is 2.39. The van der Waals surface area contributed by atoms with Gasteiger partial charge in [0, 0.05) is 24.6 Å². The zero-order chi connectivity index (χ0) is 22.6. The fourth-order valence-electron chi connectivity index (χ4n) is 3.45. The predicted octanol–water partition coefficient (Wildman–Crippen LogP) is 5.36. The van der Waals surface area contributed by atoms with E-state index in [9.17, 15) is 0 Å². The summed E-state index contributed by atoms with van der Waals surface area (Å²) in [6.07, 6.45) is 5.14. The molecule has 2 aromatic carbocycles. The van der Waals surface area contributed by atoms with E-state index in [0.29, 0.717) is 6.04 Å². The molecule has 1 unspecified atom stereocenters. The van der Waals surface area contributed by atoms with Crippen LogP contribution in [0.2, 0.25) is 0 Å². The summed E-state index contributed by atoms with van der Waals surface area (Å²) >= 11 is 0. The molecular weight excluding hydrogens is 386 g/mol. The normalized spacial score (nSPS) is 11.6. The molecule has 31 heavy (non-hydrogen) atoms. The van der Waals surface area contributed by atoms with Crippen LogP contribution in [-0.4, -0.2) is 45.9 Å². The Labute approximate surface area is 188 Å². The molecule has 0 aliphatic heterocycles. The van der Waals surface area contributed by atoms with Gasteiger partial charge in [0.15, 0.2) is 11.5 Å². The van der Waals surface area contributed by atoms with E-state index < -0.39 is 0 Å². The van der Waals surface area contributed by atoms with Crippen LogP contribution in [0.25, 0.3) is 0 Å². The van der Waals surface area contributed by atoms with Gasteiger partial charge >= 0.3 is 0 Å². The van der Waals surface area contributed by atoms with Crippen molar-refractivity contribution in [3.63, 3.8) is 0 Å². The zero-order valence-corrected chi connectivity index (χ0v) is 20.0. The maximum Gasteiger partial charge on any atom is 0.160 e. The van der Waals surface area contributed by atoms with Crippen molar-refractivity contribution in [2.24, 2.45) is 0 Å². The second kappa shape index (κ2) is 12.9. The average Bonchev–Trinajstić information content (AvgIpc) is 2.80. The quantitative estimate of drug-likeness (QED) is 0.360. The number of methoxy groups -OCH3 is 3. The Morgan fingerprint density at radius 3 is 2.42 bits per heavy atom. The van der Waals surface area contributed by atoms with Crippen molar-refractivity contribution in [1.29, 1.82) is 0 Å². The molecule has 0 amide bonds. The summed E-state index contributed by atoms with van der Waals surface area (Å²) in [6, 6.07) is 12.7. The van der Waals surface area contributed by atoms with Crippen molar-refractivity contribution in [2.45, 2.75) is 52.0 Å². The van der Waals surface area contributed by atoms with Crippen molar-refractivity contribution >= 4 is 0 Å². The smallest absolute Gasteiger partial charge is 0.160 e. The van der Waals surface area contributed by atoms with E-state index in [2.05, 4.69) is 61.9 Å². The summed E-state index contributed by atoms with van der Waals surface area (Å²) in [5.41, 5.74) is 3.59. The monoisotopic (exact) mass is 423 g/mol. The molecule has 0 aromatic heterocycles. The lowest BCUT2D eigenvalue weighted by Crippen LogP contribution is -2.32. The number of ether oxygens (including phenoxy) is 3. The molecule has 0 fully saturated rings. The van der Waals surface area contributed by atoms with Crippen LogP contribution in [0, 0.1) is 11.8 Å². The Hall–Kier alpha value is -2.64. The Bertz CT molecular complexity index is 882. The average molecular weight is 424 g/mol. The van der Waals surface area contributed by atoms with Gasteiger partial charge in [0.2, 0.25) is 0 Å². The van der Waals surface area contributed by atoms with Gasteiger partial charge in [-0.05, 0) is 74.7 Å². The lowest BCUT2D eigenvalue weighted by Gasteiger charge is -2.25. The first-order chi connectivity index (χ1) is 15.0. The molecule has 2 aromatic rings. The fraction of sp³-hybridized carbons (Fsp3) is 0.481. The second-order valence-electron chi connectivity index (χ2n) is 7.90. The van der Waals surface area contributed by atoms with Crippen LogP contribution in [-0.2, 0) is 12.8 Å². The number of benzene rings is 2. The van der Waals surface area contributed by atoms with Crippen molar-refractivity contribution < 1.29 is 14.2 Å². The number of likely N-dealkylation sites (N-methyl/N-ethyl adjacent to an activating group) is 1. The van der Waals surface area contributed by atoms with Crippen LogP contribution < -0.4 is 14.2 Å². The first kappa shape index (κ1) is 24.6. The molecule has 4 nitrogen and oxygen atoms in total. The molecular formula is C27H37NO3. The summed E-state index contributed by atoms with van der Waals surface area (Å²) in [7, 11) is 7.23.